The molecule has 0 amide bonds. The lowest BCUT2D eigenvalue weighted by Gasteiger charge is -2.18. The highest BCUT2D eigenvalue weighted by atomic mass is 35.5. The Balaban J connectivity index is 1.97. The molecule has 3 aromatic carbocycles. The largest absolute Gasteiger partial charge is 0.350 e. The van der Waals surface area contributed by atoms with Crippen molar-refractivity contribution in [2.75, 3.05) is 0 Å². The quantitative estimate of drug-likeness (QED) is 0.433. The van der Waals surface area contributed by atoms with Crippen molar-refractivity contribution in [3.8, 4) is 0 Å². The first kappa shape index (κ1) is 15.0. The molecule has 118 valence electrons. The molecule has 0 bridgehead atoms. The molecule has 24 heavy (non-hydrogen) atoms. The van der Waals surface area contributed by atoms with Crippen molar-refractivity contribution in [3.63, 3.8) is 0 Å². The molecule has 0 saturated carbocycles. The van der Waals surface area contributed by atoms with Crippen molar-refractivity contribution in [1.82, 2.24) is 4.57 Å². The molecular weight excluding hydrogens is 314 g/mol. The van der Waals surface area contributed by atoms with E-state index in [1.54, 1.807) is 0 Å². The lowest BCUT2D eigenvalue weighted by atomic mass is 9.85. The summed E-state index contributed by atoms with van der Waals surface area (Å²) in [5, 5.41) is 2.06. The van der Waals surface area contributed by atoms with Crippen molar-refractivity contribution in [1.29, 1.82) is 0 Å². The molecule has 1 atom stereocenters. The number of halogens is 1. The van der Waals surface area contributed by atoms with Gasteiger partial charge in [-0.2, -0.15) is 0 Å². The normalized spacial score (nSPS) is 12.4. The van der Waals surface area contributed by atoms with Gasteiger partial charge in [0.25, 0.3) is 0 Å². The van der Waals surface area contributed by atoms with Crippen LogP contribution in [0, 0.1) is 0 Å². The molecule has 1 unspecified atom stereocenters. The molecule has 2 heteroatoms. The fraction of sp³-hybridized carbons (Fsp3) is 0.0909. The molecule has 0 radical (unpaired) electrons. The molecule has 0 fully saturated rings. The third-order valence-electron chi connectivity index (χ3n) is 4.58. The number of para-hydroxylation sites is 1. The van der Waals surface area contributed by atoms with E-state index in [2.05, 4.69) is 84.5 Å². The number of rotatable bonds is 3. The van der Waals surface area contributed by atoms with Crippen molar-refractivity contribution in [2.45, 2.75) is 5.92 Å². The third kappa shape index (κ3) is 2.61. The highest BCUT2D eigenvalue weighted by Crippen LogP contribution is 2.37. The van der Waals surface area contributed by atoms with Gasteiger partial charge in [-0.1, -0.05) is 72.3 Å². The lowest BCUT2D eigenvalue weighted by molar-refractivity contribution is 0.927. The standard InChI is InChI=1S/C22H18ClN/c1-24-15-20(19-9-5-6-10-21(19)24)22(16-7-3-2-4-8-16)17-11-13-18(23)14-12-17/h2-15,22H,1H3. The van der Waals surface area contributed by atoms with E-state index in [9.17, 15) is 0 Å². The van der Waals surface area contributed by atoms with Gasteiger partial charge in [0.05, 0.1) is 0 Å². The van der Waals surface area contributed by atoms with Crippen LogP contribution in [0.5, 0.6) is 0 Å². The van der Waals surface area contributed by atoms with Crippen molar-refractivity contribution in [2.24, 2.45) is 7.05 Å². The van der Waals surface area contributed by atoms with Crippen LogP contribution < -0.4 is 0 Å². The fourth-order valence-corrected chi connectivity index (χ4v) is 3.58. The maximum Gasteiger partial charge on any atom is 0.0480 e. The molecule has 4 rings (SSSR count). The Morgan fingerprint density at radius 2 is 1.38 bits per heavy atom. The number of fused-ring (bicyclic) bond motifs is 1. The number of aryl methyl sites for hydroxylation is 1. The van der Waals surface area contributed by atoms with Gasteiger partial charge in [0.2, 0.25) is 0 Å². The van der Waals surface area contributed by atoms with Crippen molar-refractivity contribution < 1.29 is 0 Å². The van der Waals surface area contributed by atoms with Gasteiger partial charge in [0.1, 0.15) is 0 Å². The van der Waals surface area contributed by atoms with Gasteiger partial charge in [-0.3, -0.25) is 0 Å². The monoisotopic (exact) mass is 331 g/mol. The Labute approximate surface area is 147 Å². The summed E-state index contributed by atoms with van der Waals surface area (Å²) in [6.07, 6.45) is 2.25. The molecular formula is C22H18ClN. The molecule has 1 heterocycles. The summed E-state index contributed by atoms with van der Waals surface area (Å²) in [4.78, 5) is 0. The number of hydrogen-bond acceptors (Lipinski definition) is 0. The maximum atomic E-state index is 6.10. The summed E-state index contributed by atoms with van der Waals surface area (Å²) >= 11 is 6.10. The zero-order valence-corrected chi connectivity index (χ0v) is 14.2. The SMILES string of the molecule is Cn1cc(C(c2ccccc2)c2ccc(Cl)cc2)c2ccccc21. The summed E-state index contributed by atoms with van der Waals surface area (Å²) in [7, 11) is 2.11. The number of benzene rings is 3. The number of hydrogen-bond donors (Lipinski definition) is 0. The van der Waals surface area contributed by atoms with E-state index in [0.29, 0.717) is 0 Å². The second-order valence-corrected chi connectivity index (χ2v) is 6.54. The second-order valence-electron chi connectivity index (χ2n) is 6.11. The predicted molar refractivity (Wildman–Crippen MR) is 102 cm³/mol. The van der Waals surface area contributed by atoms with Crippen molar-refractivity contribution >= 4 is 22.5 Å². The van der Waals surface area contributed by atoms with E-state index < -0.39 is 0 Å². The first-order valence-electron chi connectivity index (χ1n) is 8.08. The van der Waals surface area contributed by atoms with E-state index in [1.165, 1.54) is 27.6 Å². The topological polar surface area (TPSA) is 4.93 Å². The van der Waals surface area contributed by atoms with E-state index in [1.807, 2.05) is 12.1 Å². The molecule has 1 aromatic heterocycles. The van der Waals surface area contributed by atoms with Crippen LogP contribution in [0.25, 0.3) is 10.9 Å². The zero-order valence-electron chi connectivity index (χ0n) is 13.5. The minimum absolute atomic E-state index is 0.189. The maximum absolute atomic E-state index is 6.10. The van der Waals surface area contributed by atoms with Crippen LogP contribution in [0.3, 0.4) is 0 Å². The first-order chi connectivity index (χ1) is 11.7. The van der Waals surface area contributed by atoms with E-state index in [0.717, 1.165) is 5.02 Å². The van der Waals surface area contributed by atoms with Gasteiger partial charge in [0, 0.05) is 35.1 Å². The van der Waals surface area contributed by atoms with Crippen LogP contribution in [-0.2, 0) is 7.05 Å². The number of nitrogens with zero attached hydrogens (tertiary/aromatic N) is 1. The van der Waals surface area contributed by atoms with Crippen LogP contribution >= 0.6 is 11.6 Å². The number of aromatic nitrogens is 1. The summed E-state index contributed by atoms with van der Waals surface area (Å²) in [5.41, 5.74) is 5.11. The third-order valence-corrected chi connectivity index (χ3v) is 4.83. The van der Waals surface area contributed by atoms with E-state index in [-0.39, 0.29) is 5.92 Å². The van der Waals surface area contributed by atoms with Gasteiger partial charge >= 0.3 is 0 Å². The molecule has 0 aliphatic heterocycles. The minimum Gasteiger partial charge on any atom is -0.350 e. The van der Waals surface area contributed by atoms with Gasteiger partial charge in [-0.15, -0.1) is 0 Å². The molecule has 4 aromatic rings. The van der Waals surface area contributed by atoms with Crippen LogP contribution in [-0.4, -0.2) is 4.57 Å². The fourth-order valence-electron chi connectivity index (χ4n) is 3.46. The Morgan fingerprint density at radius 3 is 2.12 bits per heavy atom. The summed E-state index contributed by atoms with van der Waals surface area (Å²) in [6.45, 7) is 0. The van der Waals surface area contributed by atoms with Crippen molar-refractivity contribution in [3.05, 3.63) is 107 Å². The minimum atomic E-state index is 0.189. The average Bonchev–Trinajstić information content (AvgIpc) is 2.95. The Bertz CT molecular complexity index is 968. The Kier molecular flexibility index (Phi) is 3.87. The lowest BCUT2D eigenvalue weighted by Crippen LogP contribution is -2.02. The molecule has 0 saturated heterocycles. The first-order valence-corrected chi connectivity index (χ1v) is 8.46. The van der Waals surface area contributed by atoms with Crippen LogP contribution in [0.2, 0.25) is 5.02 Å². The smallest absolute Gasteiger partial charge is 0.0480 e. The highest BCUT2D eigenvalue weighted by molar-refractivity contribution is 6.30. The van der Waals surface area contributed by atoms with Gasteiger partial charge in [-0.05, 0) is 34.9 Å². The molecule has 0 aliphatic carbocycles. The zero-order chi connectivity index (χ0) is 16.5. The van der Waals surface area contributed by atoms with Crippen LogP contribution in [0.4, 0.5) is 0 Å². The summed E-state index contributed by atoms with van der Waals surface area (Å²) in [6, 6.07) is 27.4. The highest BCUT2D eigenvalue weighted by Gasteiger charge is 2.20. The van der Waals surface area contributed by atoms with Gasteiger partial charge < -0.3 is 4.57 Å². The second kappa shape index (κ2) is 6.18. The molecule has 0 spiro atoms. The van der Waals surface area contributed by atoms with E-state index >= 15 is 0 Å². The summed E-state index contributed by atoms with van der Waals surface area (Å²) in [5.74, 6) is 0.189. The molecule has 0 N–H and O–H groups in total. The Hall–Kier alpha value is -2.51. The van der Waals surface area contributed by atoms with Gasteiger partial charge in [0.15, 0.2) is 0 Å². The predicted octanol–water partition coefficient (Wildman–Crippen LogP) is 6.01. The average molecular weight is 332 g/mol. The van der Waals surface area contributed by atoms with E-state index in [4.69, 9.17) is 11.6 Å². The van der Waals surface area contributed by atoms with Crippen LogP contribution in [0.15, 0.2) is 85.1 Å². The summed E-state index contributed by atoms with van der Waals surface area (Å²) < 4.78 is 2.20. The molecule has 1 nitrogen and oxygen atoms in total. The molecule has 0 aliphatic rings. The van der Waals surface area contributed by atoms with Gasteiger partial charge in [-0.25, -0.2) is 0 Å². The van der Waals surface area contributed by atoms with Crippen LogP contribution in [0.1, 0.15) is 22.6 Å². The Morgan fingerprint density at radius 1 is 0.750 bits per heavy atom.